The Morgan fingerprint density at radius 2 is 0.945 bits per heavy atom. The number of barbiturate groups is 2. The molecule has 17 heteroatoms. The summed E-state index contributed by atoms with van der Waals surface area (Å²) in [5.74, 6) is -3.96. The molecule has 55 heavy (non-hydrogen) atoms. The quantitative estimate of drug-likeness (QED) is 0.100. The first kappa shape index (κ1) is 37.6. The van der Waals surface area contributed by atoms with E-state index in [1.807, 2.05) is 81.9 Å². The molecule has 4 heterocycles. The number of benzene rings is 2. The minimum Gasteiger partial charge on any atom is -0.294 e. The predicted octanol–water partition coefficient (Wildman–Crippen LogP) is 2.09. The summed E-state index contributed by atoms with van der Waals surface area (Å²) in [6.45, 7) is 7.12. The van der Waals surface area contributed by atoms with Crippen LogP contribution in [-0.4, -0.2) is 72.6 Å². The monoisotopic (exact) mass is 746 g/mol. The molecule has 8 amide bonds. The molecule has 4 N–H and O–H groups in total. The number of imide groups is 4. The number of fused-ring (bicyclic) bond motifs is 2. The van der Waals surface area contributed by atoms with Gasteiger partial charge < -0.3 is 0 Å². The van der Waals surface area contributed by atoms with Gasteiger partial charge in [-0.25, -0.2) is 19.0 Å². The van der Waals surface area contributed by atoms with E-state index in [9.17, 15) is 43.2 Å². The Bertz CT molecular complexity index is 2300. The van der Waals surface area contributed by atoms with Crippen LogP contribution in [0.2, 0.25) is 0 Å². The first-order valence-corrected chi connectivity index (χ1v) is 16.9. The second kappa shape index (κ2) is 14.3. The fraction of sp³-hybridized carbons (Fsp3) is 0.237. The molecular weight excluding hydrogens is 712 g/mol. The topological polar surface area (TPSA) is 237 Å². The Hall–Kier alpha value is -7.17. The molecule has 0 unspecified atom stereocenters. The highest BCUT2D eigenvalue weighted by molar-refractivity contribution is 6.46. The summed E-state index contributed by atoms with van der Waals surface area (Å²) in [5.41, 5.74) is 2.26. The van der Waals surface area contributed by atoms with Gasteiger partial charge in [-0.2, -0.15) is 10.2 Å². The molecule has 0 saturated carbocycles. The maximum Gasteiger partial charge on any atom is 0.328 e. The van der Waals surface area contributed by atoms with E-state index >= 15 is 0 Å². The summed E-state index contributed by atoms with van der Waals surface area (Å²) in [6, 6.07) is 17.4. The third-order valence-electron chi connectivity index (χ3n) is 9.12. The maximum absolute atomic E-state index is 13.1. The minimum absolute atomic E-state index is 0.00840. The number of carbonyl (C=O) groups excluding carboxylic acids is 9. The molecule has 0 spiro atoms. The summed E-state index contributed by atoms with van der Waals surface area (Å²) in [6.07, 6.45) is 3.65. The molecule has 2 aromatic carbocycles. The predicted molar refractivity (Wildman–Crippen MR) is 191 cm³/mol. The van der Waals surface area contributed by atoms with E-state index in [0.717, 1.165) is 22.8 Å². The zero-order chi connectivity index (χ0) is 39.8. The largest absolute Gasteiger partial charge is 0.328 e. The summed E-state index contributed by atoms with van der Waals surface area (Å²) >= 11 is 0. The lowest BCUT2D eigenvalue weighted by Crippen LogP contribution is -2.52. The van der Waals surface area contributed by atoms with Crippen molar-refractivity contribution in [2.75, 3.05) is 0 Å². The number of hydrogen-bond donors (Lipinski definition) is 4. The molecule has 2 fully saturated rings. The molecule has 0 radical (unpaired) electrons. The van der Waals surface area contributed by atoms with Crippen LogP contribution in [0.1, 0.15) is 61.4 Å². The Morgan fingerprint density at radius 1 is 0.527 bits per heavy atom. The highest BCUT2D eigenvalue weighted by Crippen LogP contribution is 2.41. The number of carbonyl (C=O) groups is 9. The molecule has 0 bridgehead atoms. The molecule has 17 nitrogen and oxygen atoms in total. The van der Waals surface area contributed by atoms with Crippen LogP contribution >= 0.6 is 0 Å². The third-order valence-corrected chi connectivity index (χ3v) is 9.12. The molecule has 2 aromatic heterocycles. The fourth-order valence-electron chi connectivity index (χ4n) is 6.42. The van der Waals surface area contributed by atoms with Gasteiger partial charge in [0, 0.05) is 34.8 Å². The Balaban J connectivity index is 0.000000159. The zero-order valence-electron chi connectivity index (χ0n) is 30.0. The Labute approximate surface area is 312 Å². The van der Waals surface area contributed by atoms with Gasteiger partial charge in [0.2, 0.25) is 23.4 Å². The standard InChI is InChI=1S/C19H16N4O4.C15H14N2O2.C4H4N2O3/c1-19(2)8-12-11(9-20-23(12)10-6-4-3-5-7-10)13(15(19)24)14-16(25)21-18(27)22-17(14)26;1-15(2)8-12-11(13(18)14(15)19)9-16-17(12)10-6-4-3-5-7-10;7-2-1-3(8)6-4(9)5-2/h3-7,9H,8H2,1-2H3,(H2,21,22,25,26,27);3-7,9H,8H2,1-2H3;1H2,(H2,5,6,7,8,9). The van der Waals surface area contributed by atoms with E-state index < -0.39 is 52.3 Å². The number of hydrogen-bond acceptors (Lipinski definition) is 11. The summed E-state index contributed by atoms with van der Waals surface area (Å²) in [7, 11) is 0. The highest BCUT2D eigenvalue weighted by atomic mass is 16.2. The van der Waals surface area contributed by atoms with Crippen molar-refractivity contribution in [2.24, 2.45) is 10.8 Å². The first-order valence-electron chi connectivity index (χ1n) is 16.9. The first-order chi connectivity index (χ1) is 26.0. The number of Topliss-reactive ketones (excluding diaryl/α,β-unsaturated/α-hetero) is 3. The molecule has 4 aromatic rings. The van der Waals surface area contributed by atoms with Gasteiger partial charge in [-0.15, -0.1) is 0 Å². The zero-order valence-corrected chi connectivity index (χ0v) is 30.0. The Morgan fingerprint density at radius 3 is 1.42 bits per heavy atom. The average molecular weight is 747 g/mol. The van der Waals surface area contributed by atoms with E-state index in [2.05, 4.69) is 10.2 Å². The van der Waals surface area contributed by atoms with Crippen LogP contribution in [0.5, 0.6) is 0 Å². The SMILES string of the molecule is CC1(C)Cc2c(cnn2-c2ccccc2)C(=C2C(=O)NC(=O)NC2=O)C1=O.CC1(C)Cc2c(cnn2-c2ccccc2)C(=O)C1=O.O=C1CC(=O)NC(=O)N1. The smallest absolute Gasteiger partial charge is 0.294 e. The van der Waals surface area contributed by atoms with Gasteiger partial charge in [0.25, 0.3) is 11.8 Å². The van der Waals surface area contributed by atoms with E-state index in [1.54, 1.807) is 37.1 Å². The number of aromatic nitrogens is 4. The number of ketones is 3. The molecule has 2 aliphatic carbocycles. The minimum atomic E-state index is -0.905. The van der Waals surface area contributed by atoms with Crippen LogP contribution in [0.15, 0.2) is 78.6 Å². The number of nitrogens with one attached hydrogen (secondary N) is 4. The number of urea groups is 2. The van der Waals surface area contributed by atoms with Crippen molar-refractivity contribution in [3.05, 3.63) is 101 Å². The number of rotatable bonds is 2. The van der Waals surface area contributed by atoms with Crippen molar-refractivity contribution in [1.82, 2.24) is 40.8 Å². The van der Waals surface area contributed by atoms with Crippen LogP contribution in [-0.2, 0) is 41.6 Å². The van der Waals surface area contributed by atoms with Gasteiger partial charge in [-0.3, -0.25) is 54.8 Å². The van der Waals surface area contributed by atoms with Gasteiger partial charge in [0.05, 0.1) is 40.7 Å². The van der Waals surface area contributed by atoms with Crippen molar-refractivity contribution < 1.29 is 43.2 Å². The third kappa shape index (κ3) is 7.39. The lowest BCUT2D eigenvalue weighted by molar-refractivity contribution is -0.130. The van der Waals surface area contributed by atoms with E-state index in [4.69, 9.17) is 0 Å². The lowest BCUT2D eigenvalue weighted by Gasteiger charge is -2.31. The van der Waals surface area contributed by atoms with Crippen LogP contribution in [0, 0.1) is 10.8 Å². The van der Waals surface area contributed by atoms with Gasteiger partial charge in [0.15, 0.2) is 5.78 Å². The van der Waals surface area contributed by atoms with Crippen LogP contribution < -0.4 is 21.3 Å². The number of amides is 8. The van der Waals surface area contributed by atoms with E-state index in [0.29, 0.717) is 24.0 Å². The lowest BCUT2D eigenvalue weighted by atomic mass is 9.71. The summed E-state index contributed by atoms with van der Waals surface area (Å²) in [5, 5.41) is 16.5. The molecular formula is C38H34N8O9. The fourth-order valence-corrected chi connectivity index (χ4v) is 6.42. The van der Waals surface area contributed by atoms with Gasteiger partial charge in [-0.05, 0) is 24.3 Å². The molecule has 0 atom stereocenters. The van der Waals surface area contributed by atoms with Gasteiger partial charge in [-0.1, -0.05) is 64.1 Å². The summed E-state index contributed by atoms with van der Waals surface area (Å²) in [4.78, 5) is 104. The van der Waals surface area contributed by atoms with Crippen molar-refractivity contribution in [3.63, 3.8) is 0 Å². The number of para-hydroxylation sites is 2. The second-order valence-electron chi connectivity index (χ2n) is 14.2. The number of allylic oxidation sites excluding steroid dienone is 1. The van der Waals surface area contributed by atoms with Crippen LogP contribution in [0.4, 0.5) is 9.59 Å². The summed E-state index contributed by atoms with van der Waals surface area (Å²) < 4.78 is 3.45. The normalized spacial score (nSPS) is 18.4. The second-order valence-corrected chi connectivity index (χ2v) is 14.2. The molecule has 2 saturated heterocycles. The van der Waals surface area contributed by atoms with E-state index in [-0.39, 0.29) is 29.1 Å². The van der Waals surface area contributed by atoms with Crippen molar-refractivity contribution in [2.45, 2.75) is 47.0 Å². The van der Waals surface area contributed by atoms with Crippen molar-refractivity contribution in [1.29, 1.82) is 0 Å². The number of nitrogens with zero attached hydrogens (tertiary/aromatic N) is 4. The van der Waals surface area contributed by atoms with Gasteiger partial charge in [0.1, 0.15) is 12.0 Å². The van der Waals surface area contributed by atoms with E-state index in [1.165, 1.54) is 12.4 Å². The van der Waals surface area contributed by atoms with Crippen molar-refractivity contribution in [3.8, 4) is 11.4 Å². The van der Waals surface area contributed by atoms with Gasteiger partial charge >= 0.3 is 12.1 Å². The highest BCUT2D eigenvalue weighted by Gasteiger charge is 2.45. The van der Waals surface area contributed by atoms with Crippen LogP contribution in [0.3, 0.4) is 0 Å². The molecule has 4 aliphatic rings. The molecule has 2 aliphatic heterocycles. The van der Waals surface area contributed by atoms with Crippen molar-refractivity contribution >= 4 is 58.6 Å². The maximum atomic E-state index is 13.1. The average Bonchev–Trinajstić information content (AvgIpc) is 3.73. The van der Waals surface area contributed by atoms with Crippen LogP contribution in [0.25, 0.3) is 16.9 Å². The Kier molecular flexibility index (Phi) is 9.80. The molecule has 280 valence electrons. The molecule has 8 rings (SSSR count).